The van der Waals surface area contributed by atoms with Crippen molar-refractivity contribution >= 4 is 23.7 Å². The Morgan fingerprint density at radius 2 is 2.08 bits per heavy atom. The molecule has 2 aliphatic heterocycles. The number of hydrazone groups is 1. The summed E-state index contributed by atoms with van der Waals surface area (Å²) in [6.07, 6.45) is 15.6. The van der Waals surface area contributed by atoms with Crippen LogP contribution in [-0.4, -0.2) is 53.0 Å². The third-order valence-corrected chi connectivity index (χ3v) is 4.80. The first-order chi connectivity index (χ1) is 12.2. The van der Waals surface area contributed by atoms with E-state index >= 15 is 0 Å². The van der Waals surface area contributed by atoms with Crippen LogP contribution in [0.15, 0.2) is 58.2 Å². The molecular formula is C19H29N5S. The Morgan fingerprint density at radius 1 is 1.28 bits per heavy atom. The summed E-state index contributed by atoms with van der Waals surface area (Å²) in [7, 11) is 0. The standard InChI is InChI=1S/C19H29N5S/c1-3-5-6-7-8-9-19-22-17(16-23-12-14-25-15-13-23)10-11-18(20)24(19)21-4-2/h4-9,11H,3,10,12-16,20H2,1-2H3/b6-5+,8-7+,19-9+,21-4-. The second-order valence-corrected chi connectivity index (χ2v) is 7.06. The predicted molar refractivity (Wildman–Crippen MR) is 111 cm³/mol. The predicted octanol–water partition coefficient (Wildman–Crippen LogP) is 3.35. The van der Waals surface area contributed by atoms with Crippen molar-refractivity contribution in [3.63, 3.8) is 0 Å². The molecule has 5 nitrogen and oxygen atoms in total. The van der Waals surface area contributed by atoms with Gasteiger partial charge in [0.1, 0.15) is 5.82 Å². The van der Waals surface area contributed by atoms with E-state index in [1.807, 2.05) is 49.1 Å². The molecule has 25 heavy (non-hydrogen) atoms. The molecule has 0 atom stereocenters. The van der Waals surface area contributed by atoms with Crippen molar-refractivity contribution in [3.05, 3.63) is 48.1 Å². The van der Waals surface area contributed by atoms with Gasteiger partial charge >= 0.3 is 0 Å². The van der Waals surface area contributed by atoms with E-state index in [9.17, 15) is 0 Å². The molecule has 1 saturated heterocycles. The fraction of sp³-hybridized carbons (Fsp3) is 0.474. The summed E-state index contributed by atoms with van der Waals surface area (Å²) in [5.41, 5.74) is 7.34. The van der Waals surface area contributed by atoms with Crippen LogP contribution in [0, 0.1) is 0 Å². The number of thioether (sulfide) groups is 1. The first-order valence-electron chi connectivity index (χ1n) is 8.89. The maximum Gasteiger partial charge on any atom is 0.155 e. The highest BCUT2D eigenvalue weighted by Crippen LogP contribution is 2.18. The normalized spacial score (nSPS) is 22.2. The molecule has 0 unspecified atom stereocenters. The monoisotopic (exact) mass is 359 g/mol. The lowest BCUT2D eigenvalue weighted by Crippen LogP contribution is -2.36. The lowest BCUT2D eigenvalue weighted by molar-refractivity contribution is 0.344. The Balaban J connectivity index is 2.21. The maximum absolute atomic E-state index is 6.21. The summed E-state index contributed by atoms with van der Waals surface area (Å²) < 4.78 is 0. The Kier molecular flexibility index (Phi) is 8.55. The molecule has 6 heteroatoms. The minimum atomic E-state index is 0.620. The Hall–Kier alpha value is -1.79. The van der Waals surface area contributed by atoms with Crippen molar-refractivity contribution in [2.75, 3.05) is 31.1 Å². The molecule has 0 aromatic rings. The molecule has 2 heterocycles. The average molecular weight is 360 g/mol. The first kappa shape index (κ1) is 19.5. The largest absolute Gasteiger partial charge is 0.384 e. The van der Waals surface area contributed by atoms with Crippen LogP contribution >= 0.6 is 11.8 Å². The molecule has 0 spiro atoms. The molecule has 2 aliphatic rings. The zero-order chi connectivity index (χ0) is 17.9. The molecule has 0 amide bonds. The van der Waals surface area contributed by atoms with Gasteiger partial charge in [-0.1, -0.05) is 31.2 Å². The SMILES string of the molecule is C/C=N\N1C(N)=CCC(CN2CCSCC2)=N\C1=C/C=C/C=C/CC. The average Bonchev–Trinajstić information content (AvgIpc) is 2.76. The van der Waals surface area contributed by atoms with Gasteiger partial charge in [-0.25, -0.2) is 10.0 Å². The van der Waals surface area contributed by atoms with Crippen LogP contribution in [0.1, 0.15) is 26.7 Å². The van der Waals surface area contributed by atoms with Gasteiger partial charge in [-0.2, -0.15) is 16.9 Å². The van der Waals surface area contributed by atoms with Gasteiger partial charge in [0.2, 0.25) is 0 Å². The molecule has 0 aromatic heterocycles. The third kappa shape index (κ3) is 6.55. The van der Waals surface area contributed by atoms with Crippen LogP contribution in [0.4, 0.5) is 0 Å². The minimum absolute atomic E-state index is 0.620. The summed E-state index contributed by atoms with van der Waals surface area (Å²) in [5, 5.41) is 6.07. The number of hydrogen-bond donors (Lipinski definition) is 1. The first-order valence-corrected chi connectivity index (χ1v) is 10.0. The molecule has 2 N–H and O–H groups in total. The number of allylic oxidation sites excluding steroid dienone is 6. The second-order valence-electron chi connectivity index (χ2n) is 5.83. The van der Waals surface area contributed by atoms with Crippen LogP contribution in [0.2, 0.25) is 0 Å². The second kappa shape index (κ2) is 10.9. The molecule has 0 bridgehead atoms. The van der Waals surface area contributed by atoms with Gasteiger partial charge in [-0.15, -0.1) is 0 Å². The zero-order valence-electron chi connectivity index (χ0n) is 15.3. The van der Waals surface area contributed by atoms with E-state index in [1.54, 1.807) is 11.2 Å². The highest BCUT2D eigenvalue weighted by atomic mass is 32.2. The van der Waals surface area contributed by atoms with Gasteiger partial charge in [0.05, 0.1) is 0 Å². The summed E-state index contributed by atoms with van der Waals surface area (Å²) >= 11 is 2.02. The van der Waals surface area contributed by atoms with Crippen molar-refractivity contribution < 1.29 is 0 Å². The third-order valence-electron chi connectivity index (χ3n) is 3.86. The lowest BCUT2D eigenvalue weighted by Gasteiger charge is -2.26. The van der Waals surface area contributed by atoms with E-state index in [-0.39, 0.29) is 0 Å². The van der Waals surface area contributed by atoms with Crippen LogP contribution in [-0.2, 0) is 0 Å². The number of hydrogen-bond acceptors (Lipinski definition) is 6. The number of nitrogens with zero attached hydrogens (tertiary/aromatic N) is 4. The van der Waals surface area contributed by atoms with E-state index in [0.717, 1.165) is 44.0 Å². The number of rotatable bonds is 6. The molecule has 136 valence electrons. The van der Waals surface area contributed by atoms with Crippen molar-refractivity contribution in [2.24, 2.45) is 15.8 Å². The van der Waals surface area contributed by atoms with Gasteiger partial charge < -0.3 is 5.73 Å². The summed E-state index contributed by atoms with van der Waals surface area (Å²) in [6, 6.07) is 0. The van der Waals surface area contributed by atoms with E-state index in [2.05, 4.69) is 23.0 Å². The molecule has 0 aliphatic carbocycles. The van der Waals surface area contributed by atoms with Gasteiger partial charge in [0.25, 0.3) is 0 Å². The van der Waals surface area contributed by atoms with Crippen molar-refractivity contribution in [1.82, 2.24) is 9.91 Å². The van der Waals surface area contributed by atoms with E-state index in [4.69, 9.17) is 10.7 Å². The van der Waals surface area contributed by atoms with Gasteiger partial charge in [-0.3, -0.25) is 4.90 Å². The minimum Gasteiger partial charge on any atom is -0.384 e. The van der Waals surface area contributed by atoms with Crippen molar-refractivity contribution in [3.8, 4) is 0 Å². The summed E-state index contributed by atoms with van der Waals surface area (Å²) in [6.45, 7) is 7.14. The van der Waals surface area contributed by atoms with E-state index in [1.165, 1.54) is 11.5 Å². The fourth-order valence-corrected chi connectivity index (χ4v) is 3.56. The summed E-state index contributed by atoms with van der Waals surface area (Å²) in [4.78, 5) is 7.34. The maximum atomic E-state index is 6.21. The van der Waals surface area contributed by atoms with E-state index in [0.29, 0.717) is 5.82 Å². The Bertz CT molecular complexity index is 595. The molecule has 0 radical (unpaired) electrons. The van der Waals surface area contributed by atoms with Crippen LogP contribution in [0.25, 0.3) is 0 Å². The summed E-state index contributed by atoms with van der Waals surface area (Å²) in [5.74, 6) is 3.78. The number of nitrogens with two attached hydrogens (primary N) is 1. The smallest absolute Gasteiger partial charge is 0.155 e. The molecule has 0 saturated carbocycles. The fourth-order valence-electron chi connectivity index (χ4n) is 2.58. The lowest BCUT2D eigenvalue weighted by atomic mass is 10.2. The molecule has 1 fully saturated rings. The van der Waals surface area contributed by atoms with Crippen LogP contribution in [0.3, 0.4) is 0 Å². The zero-order valence-corrected chi connectivity index (χ0v) is 16.1. The molecule has 2 rings (SSSR count). The molecule has 0 aromatic carbocycles. The highest BCUT2D eigenvalue weighted by molar-refractivity contribution is 7.99. The Labute approximate surface area is 155 Å². The van der Waals surface area contributed by atoms with E-state index < -0.39 is 0 Å². The van der Waals surface area contributed by atoms with Crippen molar-refractivity contribution in [1.29, 1.82) is 0 Å². The highest BCUT2D eigenvalue weighted by Gasteiger charge is 2.18. The number of aliphatic imine (C=N–C) groups is 1. The van der Waals surface area contributed by atoms with Crippen molar-refractivity contribution in [2.45, 2.75) is 26.7 Å². The van der Waals surface area contributed by atoms with Crippen LogP contribution in [0.5, 0.6) is 0 Å². The van der Waals surface area contributed by atoms with Gasteiger partial charge in [0.15, 0.2) is 5.82 Å². The molecular weight excluding hydrogens is 330 g/mol. The van der Waals surface area contributed by atoms with Crippen LogP contribution < -0.4 is 5.73 Å². The Morgan fingerprint density at radius 3 is 2.80 bits per heavy atom. The van der Waals surface area contributed by atoms with Gasteiger partial charge in [-0.05, 0) is 25.5 Å². The van der Waals surface area contributed by atoms with Gasteiger partial charge in [0, 0.05) is 49.5 Å². The quantitative estimate of drug-likeness (QED) is 0.584. The topological polar surface area (TPSA) is 57.2 Å².